The molecule has 0 amide bonds. The lowest BCUT2D eigenvalue weighted by molar-refractivity contribution is 0.0451. The molecule has 0 rings (SSSR count). The van der Waals surface area contributed by atoms with Crippen molar-refractivity contribution in [2.75, 3.05) is 26.4 Å². The van der Waals surface area contributed by atoms with Gasteiger partial charge in [0, 0.05) is 13.2 Å². The highest BCUT2D eigenvalue weighted by atomic mass is 16.5. The van der Waals surface area contributed by atoms with Gasteiger partial charge < -0.3 is 9.47 Å². The van der Waals surface area contributed by atoms with E-state index in [0.29, 0.717) is 0 Å². The first-order chi connectivity index (χ1) is 6.91. The molecule has 0 fully saturated rings. The van der Waals surface area contributed by atoms with E-state index in [2.05, 4.69) is 13.8 Å². The van der Waals surface area contributed by atoms with Gasteiger partial charge in [-0.1, -0.05) is 39.5 Å². The molecule has 0 spiro atoms. The average Bonchev–Trinajstić information content (AvgIpc) is 2.21. The fourth-order valence-corrected chi connectivity index (χ4v) is 1.23. The molecule has 0 aliphatic carbocycles. The Morgan fingerprint density at radius 2 is 1.00 bits per heavy atom. The lowest BCUT2D eigenvalue weighted by Gasteiger charge is -2.04. The molecule has 0 radical (unpaired) electrons. The minimum absolute atomic E-state index is 0.760. The van der Waals surface area contributed by atoms with E-state index in [-0.39, 0.29) is 0 Å². The summed E-state index contributed by atoms with van der Waals surface area (Å²) < 4.78 is 10.8. The molecule has 0 N–H and O–H groups in total. The Bertz CT molecular complexity index is 82.3. The summed E-state index contributed by atoms with van der Waals surface area (Å²) in [6, 6.07) is 0. The van der Waals surface area contributed by atoms with Gasteiger partial charge in [0.25, 0.3) is 0 Å². The van der Waals surface area contributed by atoms with E-state index in [4.69, 9.17) is 9.47 Å². The number of ether oxygens (including phenoxy) is 2. The zero-order valence-corrected chi connectivity index (χ0v) is 9.89. The van der Waals surface area contributed by atoms with Crippen LogP contribution in [0.2, 0.25) is 0 Å². The van der Waals surface area contributed by atoms with Crippen LogP contribution >= 0.6 is 0 Å². The number of hydrogen-bond donors (Lipinski definition) is 0. The third kappa shape index (κ3) is 11.9. The molecule has 0 aromatic heterocycles. The van der Waals surface area contributed by atoms with Gasteiger partial charge >= 0.3 is 0 Å². The second-order valence-corrected chi connectivity index (χ2v) is 3.64. The summed E-state index contributed by atoms with van der Waals surface area (Å²) in [4.78, 5) is 0. The quantitative estimate of drug-likeness (QED) is 0.478. The zero-order chi connectivity index (χ0) is 10.5. The first-order valence-electron chi connectivity index (χ1n) is 6.07. The van der Waals surface area contributed by atoms with Crippen molar-refractivity contribution in [3.63, 3.8) is 0 Å². The summed E-state index contributed by atoms with van der Waals surface area (Å²) in [6.07, 6.45) is 7.45. The van der Waals surface area contributed by atoms with E-state index in [9.17, 15) is 0 Å². The number of unbranched alkanes of at least 4 members (excludes halogenated alkanes) is 4. The molecule has 0 heterocycles. The largest absolute Gasteiger partial charge is 0.379 e. The maximum atomic E-state index is 5.42. The summed E-state index contributed by atoms with van der Waals surface area (Å²) in [5, 5.41) is 0. The molecular formula is C12H26O2. The van der Waals surface area contributed by atoms with Crippen molar-refractivity contribution in [1.82, 2.24) is 0 Å². The van der Waals surface area contributed by atoms with Crippen molar-refractivity contribution >= 4 is 0 Å². The Morgan fingerprint density at radius 3 is 1.36 bits per heavy atom. The summed E-state index contributed by atoms with van der Waals surface area (Å²) in [6.45, 7) is 7.72. The monoisotopic (exact) mass is 202 g/mol. The second-order valence-electron chi connectivity index (χ2n) is 3.64. The highest BCUT2D eigenvalue weighted by molar-refractivity contribution is 4.38. The number of hydrogen-bond acceptors (Lipinski definition) is 2. The van der Waals surface area contributed by atoms with Gasteiger partial charge in [-0.3, -0.25) is 0 Å². The van der Waals surface area contributed by atoms with E-state index in [1.807, 2.05) is 0 Å². The van der Waals surface area contributed by atoms with Crippen molar-refractivity contribution in [1.29, 1.82) is 0 Å². The topological polar surface area (TPSA) is 18.5 Å². The standard InChI is InChI=1S/C12H26O2/c1-3-5-7-9-13-11-12-14-10-8-6-4-2/h3-12H2,1-2H3. The van der Waals surface area contributed by atoms with Crippen LogP contribution in [0.5, 0.6) is 0 Å². The normalized spacial score (nSPS) is 10.7. The zero-order valence-electron chi connectivity index (χ0n) is 9.89. The fourth-order valence-electron chi connectivity index (χ4n) is 1.23. The molecule has 86 valence electrons. The minimum Gasteiger partial charge on any atom is -0.379 e. The molecule has 0 aliphatic rings. The molecule has 2 heteroatoms. The van der Waals surface area contributed by atoms with E-state index >= 15 is 0 Å². The van der Waals surface area contributed by atoms with Crippen molar-refractivity contribution < 1.29 is 9.47 Å². The maximum absolute atomic E-state index is 5.42. The third-order valence-electron chi connectivity index (χ3n) is 2.16. The molecule has 0 bridgehead atoms. The summed E-state index contributed by atoms with van der Waals surface area (Å²) in [5.41, 5.74) is 0. The van der Waals surface area contributed by atoms with Crippen LogP contribution in [-0.4, -0.2) is 26.4 Å². The molecule has 0 unspecified atom stereocenters. The van der Waals surface area contributed by atoms with Gasteiger partial charge in [0.15, 0.2) is 0 Å². The lowest BCUT2D eigenvalue weighted by Crippen LogP contribution is -2.06. The molecule has 0 aromatic rings. The van der Waals surface area contributed by atoms with Gasteiger partial charge in [0.05, 0.1) is 13.2 Å². The molecule has 0 saturated carbocycles. The van der Waals surface area contributed by atoms with Gasteiger partial charge in [-0.05, 0) is 12.8 Å². The Morgan fingerprint density at radius 1 is 0.571 bits per heavy atom. The number of rotatable bonds is 11. The van der Waals surface area contributed by atoms with Crippen LogP contribution in [0.25, 0.3) is 0 Å². The molecule has 0 aliphatic heterocycles. The Balaban J connectivity index is 2.78. The average molecular weight is 202 g/mol. The van der Waals surface area contributed by atoms with Crippen LogP contribution in [0.4, 0.5) is 0 Å². The molecule has 0 saturated heterocycles. The van der Waals surface area contributed by atoms with Crippen molar-refractivity contribution in [2.24, 2.45) is 0 Å². The molecule has 2 nitrogen and oxygen atoms in total. The van der Waals surface area contributed by atoms with Crippen molar-refractivity contribution in [2.45, 2.75) is 52.4 Å². The Labute approximate surface area is 89.0 Å². The first-order valence-corrected chi connectivity index (χ1v) is 6.07. The van der Waals surface area contributed by atoms with Crippen LogP contribution in [-0.2, 0) is 9.47 Å². The van der Waals surface area contributed by atoms with E-state index < -0.39 is 0 Å². The SMILES string of the molecule is CCCCCOCCOCCCCC. The van der Waals surface area contributed by atoms with Crippen LogP contribution in [0, 0.1) is 0 Å². The van der Waals surface area contributed by atoms with Gasteiger partial charge in [-0.15, -0.1) is 0 Å². The van der Waals surface area contributed by atoms with Gasteiger partial charge in [0.2, 0.25) is 0 Å². The highest BCUT2D eigenvalue weighted by Gasteiger charge is 1.90. The smallest absolute Gasteiger partial charge is 0.0700 e. The van der Waals surface area contributed by atoms with Crippen LogP contribution in [0.1, 0.15) is 52.4 Å². The third-order valence-corrected chi connectivity index (χ3v) is 2.16. The van der Waals surface area contributed by atoms with E-state index in [0.717, 1.165) is 26.4 Å². The van der Waals surface area contributed by atoms with Crippen LogP contribution < -0.4 is 0 Å². The minimum atomic E-state index is 0.760. The highest BCUT2D eigenvalue weighted by Crippen LogP contribution is 1.95. The van der Waals surface area contributed by atoms with Crippen molar-refractivity contribution in [3.05, 3.63) is 0 Å². The lowest BCUT2D eigenvalue weighted by atomic mass is 10.3. The first kappa shape index (κ1) is 13.9. The predicted molar refractivity (Wildman–Crippen MR) is 60.7 cm³/mol. The van der Waals surface area contributed by atoms with E-state index in [1.54, 1.807) is 0 Å². The predicted octanol–water partition coefficient (Wildman–Crippen LogP) is 3.40. The van der Waals surface area contributed by atoms with Crippen molar-refractivity contribution in [3.8, 4) is 0 Å². The van der Waals surface area contributed by atoms with Crippen LogP contribution in [0.15, 0.2) is 0 Å². The molecule has 0 atom stereocenters. The van der Waals surface area contributed by atoms with E-state index in [1.165, 1.54) is 38.5 Å². The van der Waals surface area contributed by atoms with Gasteiger partial charge in [0.1, 0.15) is 0 Å². The molecular weight excluding hydrogens is 176 g/mol. The second kappa shape index (κ2) is 12.9. The molecule has 14 heavy (non-hydrogen) atoms. The van der Waals surface area contributed by atoms with Gasteiger partial charge in [-0.25, -0.2) is 0 Å². The maximum Gasteiger partial charge on any atom is 0.0700 e. The Hall–Kier alpha value is -0.0800. The summed E-state index contributed by atoms with van der Waals surface area (Å²) in [5.74, 6) is 0. The van der Waals surface area contributed by atoms with Crippen LogP contribution in [0.3, 0.4) is 0 Å². The Kier molecular flexibility index (Phi) is 12.8. The summed E-state index contributed by atoms with van der Waals surface area (Å²) >= 11 is 0. The fraction of sp³-hybridized carbons (Fsp3) is 1.00. The summed E-state index contributed by atoms with van der Waals surface area (Å²) in [7, 11) is 0. The van der Waals surface area contributed by atoms with Gasteiger partial charge in [-0.2, -0.15) is 0 Å². The molecule has 0 aromatic carbocycles.